The predicted molar refractivity (Wildman–Crippen MR) is 84.4 cm³/mol. The lowest BCUT2D eigenvalue weighted by Crippen LogP contribution is -2.35. The van der Waals surface area contributed by atoms with Gasteiger partial charge in [-0.25, -0.2) is 0 Å². The third-order valence-corrected chi connectivity index (χ3v) is 3.99. The summed E-state index contributed by atoms with van der Waals surface area (Å²) in [6.07, 6.45) is 7.46. The van der Waals surface area contributed by atoms with Crippen molar-refractivity contribution in [1.29, 1.82) is 0 Å². The molecule has 0 saturated heterocycles. The van der Waals surface area contributed by atoms with Crippen LogP contribution in [-0.2, 0) is 11.3 Å². The van der Waals surface area contributed by atoms with Crippen LogP contribution >= 0.6 is 0 Å². The number of rotatable bonds is 8. The summed E-state index contributed by atoms with van der Waals surface area (Å²) in [5, 5.41) is 0. The van der Waals surface area contributed by atoms with Crippen molar-refractivity contribution in [3.8, 4) is 0 Å². The zero-order valence-electron chi connectivity index (χ0n) is 13.2. The molecule has 0 spiro atoms. The lowest BCUT2D eigenvalue weighted by Gasteiger charge is -2.25. The van der Waals surface area contributed by atoms with Gasteiger partial charge < -0.3 is 10.6 Å². The van der Waals surface area contributed by atoms with Gasteiger partial charge in [0.2, 0.25) is 5.91 Å². The Bertz CT molecular complexity index is 443. The predicted octanol–water partition coefficient (Wildman–Crippen LogP) is 2.58. The first kappa shape index (κ1) is 16.0. The average molecular weight is 289 g/mol. The minimum Gasteiger partial charge on any atom is -0.335 e. The van der Waals surface area contributed by atoms with E-state index < -0.39 is 0 Å². The average Bonchev–Trinajstić information content (AvgIpc) is 3.29. The van der Waals surface area contributed by atoms with Crippen molar-refractivity contribution in [1.82, 2.24) is 9.88 Å². The molecular formula is C17H27N3O. The van der Waals surface area contributed by atoms with E-state index in [1.165, 1.54) is 0 Å². The summed E-state index contributed by atoms with van der Waals surface area (Å²) >= 11 is 0. The van der Waals surface area contributed by atoms with Crippen molar-refractivity contribution >= 4 is 5.91 Å². The summed E-state index contributed by atoms with van der Waals surface area (Å²) in [6.45, 7) is 5.63. The van der Waals surface area contributed by atoms with Crippen molar-refractivity contribution in [2.75, 3.05) is 6.54 Å². The number of carbonyl (C=O) groups excluding carboxylic acids is 1. The molecule has 4 nitrogen and oxygen atoms in total. The fourth-order valence-electron chi connectivity index (χ4n) is 2.79. The second-order valence-corrected chi connectivity index (χ2v) is 6.55. The van der Waals surface area contributed by atoms with Crippen LogP contribution < -0.4 is 5.73 Å². The number of hydrogen-bond acceptors (Lipinski definition) is 3. The van der Waals surface area contributed by atoms with E-state index in [2.05, 4.69) is 18.8 Å². The van der Waals surface area contributed by atoms with Crippen LogP contribution in [0.4, 0.5) is 0 Å². The van der Waals surface area contributed by atoms with Crippen LogP contribution in [0.5, 0.6) is 0 Å². The molecule has 0 radical (unpaired) electrons. The molecule has 0 bridgehead atoms. The third-order valence-electron chi connectivity index (χ3n) is 3.99. The molecule has 1 amide bonds. The highest BCUT2D eigenvalue weighted by atomic mass is 16.2. The Morgan fingerprint density at radius 2 is 2.24 bits per heavy atom. The van der Waals surface area contributed by atoms with Crippen molar-refractivity contribution in [3.63, 3.8) is 0 Å². The SMILES string of the molecule is CC(C)C[C@H](CN)CC(=O)N(Cc1cccnc1)C1CC1. The maximum atomic E-state index is 12.6. The minimum atomic E-state index is 0.248. The molecular weight excluding hydrogens is 262 g/mol. The number of pyridine rings is 1. The number of amides is 1. The topological polar surface area (TPSA) is 59.2 Å². The summed E-state index contributed by atoms with van der Waals surface area (Å²) in [5.41, 5.74) is 6.94. The van der Waals surface area contributed by atoms with E-state index in [9.17, 15) is 4.79 Å². The Balaban J connectivity index is 1.96. The summed E-state index contributed by atoms with van der Waals surface area (Å²) < 4.78 is 0. The van der Waals surface area contributed by atoms with Gasteiger partial charge in [-0.3, -0.25) is 9.78 Å². The monoisotopic (exact) mass is 289 g/mol. The summed E-state index contributed by atoms with van der Waals surface area (Å²) in [4.78, 5) is 18.8. The Kier molecular flexibility index (Phi) is 5.74. The highest BCUT2D eigenvalue weighted by molar-refractivity contribution is 5.77. The number of nitrogens with zero attached hydrogens (tertiary/aromatic N) is 2. The van der Waals surface area contributed by atoms with E-state index in [1.807, 2.05) is 23.2 Å². The standard InChI is InChI=1S/C17H27N3O/c1-13(2)8-15(10-18)9-17(21)20(16-5-6-16)12-14-4-3-7-19-11-14/h3-4,7,11,13,15-16H,5-6,8-10,12,18H2,1-2H3/t15-/m0/s1. The van der Waals surface area contributed by atoms with Gasteiger partial charge in [-0.1, -0.05) is 19.9 Å². The number of nitrogens with two attached hydrogens (primary N) is 1. The summed E-state index contributed by atoms with van der Waals surface area (Å²) in [7, 11) is 0. The molecule has 1 atom stereocenters. The molecule has 2 rings (SSSR count). The normalized spacial score (nSPS) is 16.0. The Morgan fingerprint density at radius 1 is 1.48 bits per heavy atom. The van der Waals surface area contributed by atoms with Crippen LogP contribution in [0, 0.1) is 11.8 Å². The van der Waals surface area contributed by atoms with Crippen molar-refractivity contribution < 1.29 is 4.79 Å². The second-order valence-electron chi connectivity index (χ2n) is 6.55. The molecule has 1 aromatic rings. The Hall–Kier alpha value is -1.42. The third kappa shape index (κ3) is 5.12. The van der Waals surface area contributed by atoms with E-state index in [0.29, 0.717) is 37.4 Å². The Morgan fingerprint density at radius 3 is 2.76 bits per heavy atom. The van der Waals surface area contributed by atoms with Crippen LogP contribution in [0.1, 0.15) is 45.1 Å². The van der Waals surface area contributed by atoms with Gasteiger partial charge in [-0.2, -0.15) is 0 Å². The number of carbonyl (C=O) groups is 1. The molecule has 1 aromatic heterocycles. The van der Waals surface area contributed by atoms with Crippen LogP contribution in [0.15, 0.2) is 24.5 Å². The van der Waals surface area contributed by atoms with E-state index in [0.717, 1.165) is 24.8 Å². The van der Waals surface area contributed by atoms with E-state index in [4.69, 9.17) is 5.73 Å². The highest BCUT2D eigenvalue weighted by Crippen LogP contribution is 2.30. The molecule has 1 saturated carbocycles. The molecule has 21 heavy (non-hydrogen) atoms. The highest BCUT2D eigenvalue weighted by Gasteiger charge is 2.33. The van der Waals surface area contributed by atoms with Crippen molar-refractivity contribution in [2.24, 2.45) is 17.6 Å². The second kappa shape index (κ2) is 7.55. The Labute approximate surface area is 127 Å². The van der Waals surface area contributed by atoms with Crippen LogP contribution in [-0.4, -0.2) is 28.4 Å². The zero-order chi connectivity index (χ0) is 15.2. The lowest BCUT2D eigenvalue weighted by atomic mass is 9.93. The number of aromatic nitrogens is 1. The summed E-state index contributed by atoms with van der Waals surface area (Å²) in [6, 6.07) is 4.38. The van der Waals surface area contributed by atoms with E-state index in [1.54, 1.807) is 6.20 Å². The molecule has 4 heteroatoms. The van der Waals surface area contributed by atoms with E-state index >= 15 is 0 Å². The van der Waals surface area contributed by atoms with Crippen molar-refractivity contribution in [2.45, 2.75) is 52.1 Å². The largest absolute Gasteiger partial charge is 0.335 e. The molecule has 0 unspecified atom stereocenters. The van der Waals surface area contributed by atoms with Crippen LogP contribution in [0.25, 0.3) is 0 Å². The van der Waals surface area contributed by atoms with Gasteiger partial charge in [-0.15, -0.1) is 0 Å². The van der Waals surface area contributed by atoms with Crippen molar-refractivity contribution in [3.05, 3.63) is 30.1 Å². The molecule has 0 aromatic carbocycles. The minimum absolute atomic E-state index is 0.248. The van der Waals surface area contributed by atoms with Gasteiger partial charge in [0.05, 0.1) is 0 Å². The fraction of sp³-hybridized carbons (Fsp3) is 0.647. The molecule has 0 aliphatic heterocycles. The quantitative estimate of drug-likeness (QED) is 0.800. The van der Waals surface area contributed by atoms with Gasteiger partial charge >= 0.3 is 0 Å². The fourth-order valence-corrected chi connectivity index (χ4v) is 2.79. The van der Waals surface area contributed by atoms with Crippen LogP contribution in [0.3, 0.4) is 0 Å². The molecule has 2 N–H and O–H groups in total. The molecule has 116 valence electrons. The van der Waals surface area contributed by atoms with Gasteiger partial charge in [-0.05, 0) is 49.3 Å². The first-order valence-corrected chi connectivity index (χ1v) is 7.98. The van der Waals surface area contributed by atoms with Gasteiger partial charge in [0.25, 0.3) is 0 Å². The summed E-state index contributed by atoms with van der Waals surface area (Å²) in [5.74, 6) is 1.13. The molecule has 1 fully saturated rings. The van der Waals surface area contributed by atoms with Gasteiger partial charge in [0.1, 0.15) is 0 Å². The molecule has 1 aliphatic rings. The van der Waals surface area contributed by atoms with E-state index in [-0.39, 0.29) is 5.91 Å². The first-order chi connectivity index (χ1) is 10.1. The zero-order valence-corrected chi connectivity index (χ0v) is 13.2. The van der Waals surface area contributed by atoms with Crippen LogP contribution in [0.2, 0.25) is 0 Å². The molecule has 1 heterocycles. The smallest absolute Gasteiger partial charge is 0.223 e. The molecule has 1 aliphatic carbocycles. The van der Waals surface area contributed by atoms with Gasteiger partial charge in [0.15, 0.2) is 0 Å². The maximum Gasteiger partial charge on any atom is 0.223 e. The number of hydrogen-bond donors (Lipinski definition) is 1. The maximum absolute atomic E-state index is 12.6. The lowest BCUT2D eigenvalue weighted by molar-refractivity contribution is -0.133. The van der Waals surface area contributed by atoms with Gasteiger partial charge in [0, 0.05) is 31.4 Å². The first-order valence-electron chi connectivity index (χ1n) is 7.98.